The average Bonchev–Trinajstić information content (AvgIpc) is 3.32. The molecular weight excluding hydrogens is 360 g/mol. The number of ketones is 1. The summed E-state index contributed by atoms with van der Waals surface area (Å²) in [6.45, 7) is 7.58. The molecular formula is C24H38N4O. The Balaban J connectivity index is 1.39. The minimum Gasteiger partial charge on any atom is -0.297 e. The van der Waals surface area contributed by atoms with Gasteiger partial charge in [0.15, 0.2) is 12.1 Å². The highest BCUT2D eigenvalue weighted by atomic mass is 16.1. The summed E-state index contributed by atoms with van der Waals surface area (Å²) in [7, 11) is 0. The summed E-state index contributed by atoms with van der Waals surface area (Å²) in [5.74, 6) is 6.65. The lowest BCUT2D eigenvalue weighted by Crippen LogP contribution is -2.50. The second kappa shape index (κ2) is 7.46. The topological polar surface area (TPSA) is 60.7 Å². The summed E-state index contributed by atoms with van der Waals surface area (Å²) >= 11 is 0. The number of Topliss-reactive ketones (excluding diaryl/α,β-unsaturated/α-hetero) is 1. The molecule has 1 aromatic heterocycles. The summed E-state index contributed by atoms with van der Waals surface area (Å²) in [5, 5.41) is 11.8. The molecule has 5 heteroatoms. The Bertz CT molecular complexity index is 733. The Morgan fingerprint density at radius 3 is 2.69 bits per heavy atom. The van der Waals surface area contributed by atoms with E-state index in [-0.39, 0.29) is 11.3 Å². The number of carbonyl (C=O) groups is 1. The van der Waals surface area contributed by atoms with Crippen LogP contribution in [0.15, 0.2) is 6.33 Å². The maximum Gasteiger partial charge on any atom is 0.162 e. The second-order valence-corrected chi connectivity index (χ2v) is 11.2. The van der Waals surface area contributed by atoms with Crippen molar-refractivity contribution in [2.24, 2.45) is 52.8 Å². The van der Waals surface area contributed by atoms with Gasteiger partial charge in [0, 0.05) is 5.92 Å². The van der Waals surface area contributed by atoms with Crippen LogP contribution >= 0.6 is 0 Å². The highest BCUT2D eigenvalue weighted by Gasteiger charge is 2.61. The third-order valence-electron chi connectivity index (χ3n) is 9.96. The van der Waals surface area contributed by atoms with Crippen LogP contribution in [0.1, 0.15) is 78.6 Å². The Hall–Kier alpha value is -1.26. The number of hydrogen-bond acceptors (Lipinski definition) is 4. The van der Waals surface area contributed by atoms with Gasteiger partial charge in [-0.05, 0) is 97.0 Å². The first kappa shape index (κ1) is 19.7. The van der Waals surface area contributed by atoms with Gasteiger partial charge >= 0.3 is 0 Å². The first-order valence-electron chi connectivity index (χ1n) is 12.2. The zero-order chi connectivity index (χ0) is 20.2. The number of rotatable bonds is 4. The van der Waals surface area contributed by atoms with Crippen molar-refractivity contribution in [1.82, 2.24) is 20.2 Å². The van der Waals surface area contributed by atoms with Gasteiger partial charge in [0.05, 0.1) is 0 Å². The van der Waals surface area contributed by atoms with Crippen molar-refractivity contribution in [2.75, 3.05) is 0 Å². The van der Waals surface area contributed by atoms with E-state index in [1.807, 2.05) is 0 Å². The molecule has 0 amide bonds. The molecule has 5 nitrogen and oxygen atoms in total. The minimum absolute atomic E-state index is 0.175. The summed E-state index contributed by atoms with van der Waals surface area (Å²) in [4.78, 5) is 14.8. The lowest BCUT2D eigenvalue weighted by Gasteiger charge is -2.57. The minimum atomic E-state index is 0.175. The first-order chi connectivity index (χ1) is 14.0. The maximum absolute atomic E-state index is 13.3. The van der Waals surface area contributed by atoms with Gasteiger partial charge in [-0.25, -0.2) is 0 Å². The van der Waals surface area contributed by atoms with Gasteiger partial charge in [-0.2, -0.15) is 4.80 Å². The van der Waals surface area contributed by atoms with Crippen LogP contribution < -0.4 is 0 Å². The van der Waals surface area contributed by atoms with Crippen molar-refractivity contribution in [3.05, 3.63) is 6.33 Å². The van der Waals surface area contributed by atoms with E-state index in [1.165, 1.54) is 62.5 Å². The normalized spacial score (nSPS) is 46.6. The van der Waals surface area contributed by atoms with Gasteiger partial charge in [0.1, 0.15) is 6.54 Å². The Morgan fingerprint density at radius 2 is 1.93 bits per heavy atom. The molecule has 0 N–H and O–H groups in total. The lowest BCUT2D eigenvalue weighted by atomic mass is 9.48. The molecule has 0 aromatic carbocycles. The third-order valence-corrected chi connectivity index (χ3v) is 9.96. The van der Waals surface area contributed by atoms with Gasteiger partial charge < -0.3 is 0 Å². The molecule has 1 unspecified atom stereocenters. The van der Waals surface area contributed by atoms with Crippen LogP contribution in [0.4, 0.5) is 0 Å². The summed E-state index contributed by atoms with van der Waals surface area (Å²) in [5.41, 5.74) is 0.175. The zero-order valence-corrected chi connectivity index (χ0v) is 18.5. The van der Waals surface area contributed by atoms with Crippen LogP contribution in [0.5, 0.6) is 0 Å². The van der Waals surface area contributed by atoms with E-state index in [4.69, 9.17) is 0 Å². The van der Waals surface area contributed by atoms with E-state index >= 15 is 0 Å². The fourth-order valence-corrected chi connectivity index (χ4v) is 8.81. The standard InChI is InChI=1S/C24H38N4O/c1-4-16-12-21(22(29)13-28-26-14-25-27-28)24(3)10-9-19-18-7-5-15(2)11-17(18)6-8-20(19)23(16)24/h14-21,23H,4-13H2,1-3H3/t15-,16+,17+,18-,19+,20+,21+,23?,24+/m0/s1. The fraction of sp³-hybridized carbons (Fsp3) is 0.917. The Labute approximate surface area is 175 Å². The molecule has 0 bridgehead atoms. The molecule has 160 valence electrons. The summed E-state index contributed by atoms with van der Waals surface area (Å²) in [6.07, 6.45) is 13.6. The number of aromatic nitrogens is 4. The predicted molar refractivity (Wildman–Crippen MR) is 112 cm³/mol. The van der Waals surface area contributed by atoms with E-state index in [2.05, 4.69) is 36.2 Å². The van der Waals surface area contributed by atoms with Gasteiger partial charge in [0.25, 0.3) is 0 Å². The van der Waals surface area contributed by atoms with E-state index in [1.54, 1.807) is 0 Å². The molecule has 1 aromatic rings. The van der Waals surface area contributed by atoms with Crippen molar-refractivity contribution in [3.63, 3.8) is 0 Å². The van der Waals surface area contributed by atoms with Crippen molar-refractivity contribution >= 4 is 5.78 Å². The zero-order valence-electron chi connectivity index (χ0n) is 18.5. The molecule has 4 aliphatic rings. The van der Waals surface area contributed by atoms with Gasteiger partial charge in [0.2, 0.25) is 0 Å². The molecule has 5 rings (SSSR count). The number of carbonyl (C=O) groups excluding carboxylic acids is 1. The third kappa shape index (κ3) is 3.18. The Kier molecular flexibility index (Phi) is 5.06. The van der Waals surface area contributed by atoms with Crippen LogP contribution in [0, 0.1) is 52.8 Å². The molecule has 0 spiro atoms. The molecule has 0 radical (unpaired) electrons. The SMILES string of the molecule is CC[C@@H]1C[C@H](C(=O)Cn2ncnn2)[C@@]2(C)CC[C@@H]3[C@H]4CC[C@H](C)C[C@H]4CC[C@H]3C12. The largest absolute Gasteiger partial charge is 0.297 e. The van der Waals surface area contributed by atoms with Crippen LogP contribution in [0.2, 0.25) is 0 Å². The van der Waals surface area contributed by atoms with Crippen LogP contribution in [0.25, 0.3) is 0 Å². The van der Waals surface area contributed by atoms with Crippen molar-refractivity contribution in [2.45, 2.75) is 85.1 Å². The monoisotopic (exact) mass is 398 g/mol. The van der Waals surface area contributed by atoms with E-state index in [0.29, 0.717) is 18.2 Å². The molecule has 4 saturated carbocycles. The first-order valence-corrected chi connectivity index (χ1v) is 12.2. The summed E-state index contributed by atoms with van der Waals surface area (Å²) in [6, 6.07) is 0. The smallest absolute Gasteiger partial charge is 0.162 e. The molecule has 1 heterocycles. The van der Waals surface area contributed by atoms with Crippen molar-refractivity contribution < 1.29 is 4.79 Å². The van der Waals surface area contributed by atoms with E-state index < -0.39 is 0 Å². The van der Waals surface area contributed by atoms with Crippen molar-refractivity contribution in [1.29, 1.82) is 0 Å². The predicted octanol–water partition coefficient (Wildman–Crippen LogP) is 4.78. The van der Waals surface area contributed by atoms with Gasteiger partial charge in [-0.15, -0.1) is 10.2 Å². The van der Waals surface area contributed by atoms with Crippen LogP contribution in [-0.4, -0.2) is 26.0 Å². The van der Waals surface area contributed by atoms with E-state index in [9.17, 15) is 4.79 Å². The quantitative estimate of drug-likeness (QED) is 0.732. The fourth-order valence-electron chi connectivity index (χ4n) is 8.81. The summed E-state index contributed by atoms with van der Waals surface area (Å²) < 4.78 is 0. The van der Waals surface area contributed by atoms with Crippen LogP contribution in [0.3, 0.4) is 0 Å². The highest BCUT2D eigenvalue weighted by molar-refractivity contribution is 5.82. The molecule has 9 atom stereocenters. The second-order valence-electron chi connectivity index (χ2n) is 11.2. The van der Waals surface area contributed by atoms with E-state index in [0.717, 1.165) is 41.9 Å². The average molecular weight is 399 g/mol. The number of nitrogens with zero attached hydrogens (tertiary/aromatic N) is 4. The van der Waals surface area contributed by atoms with Crippen molar-refractivity contribution in [3.8, 4) is 0 Å². The molecule has 0 saturated heterocycles. The van der Waals surface area contributed by atoms with Gasteiger partial charge in [-0.3, -0.25) is 4.79 Å². The molecule has 29 heavy (non-hydrogen) atoms. The maximum atomic E-state index is 13.3. The highest BCUT2D eigenvalue weighted by Crippen LogP contribution is 2.66. The number of fused-ring (bicyclic) bond motifs is 5. The Morgan fingerprint density at radius 1 is 1.10 bits per heavy atom. The van der Waals surface area contributed by atoms with Crippen LogP contribution in [-0.2, 0) is 11.3 Å². The molecule has 4 fully saturated rings. The molecule has 0 aliphatic heterocycles. The molecule has 4 aliphatic carbocycles. The number of hydrogen-bond donors (Lipinski definition) is 0. The number of tetrazole rings is 1. The lowest BCUT2D eigenvalue weighted by molar-refractivity contribution is -0.132. The van der Waals surface area contributed by atoms with Gasteiger partial charge in [-0.1, -0.05) is 33.6 Å².